The fraction of sp³-hybridized carbons (Fsp3) is 0.556. The number of nitrogens with zero attached hydrogens (tertiary/aromatic N) is 2. The third-order valence-electron chi connectivity index (χ3n) is 2.07. The first-order valence-electron chi connectivity index (χ1n) is 4.51. The number of esters is 1. The summed E-state index contributed by atoms with van der Waals surface area (Å²) in [7, 11) is 3.09. The van der Waals surface area contributed by atoms with Crippen LogP contribution in [0.3, 0.4) is 0 Å². The SMILES string of the molecule is CCCc1nc(N)c(C(=O)OC)n1C. The summed E-state index contributed by atoms with van der Waals surface area (Å²) >= 11 is 0. The van der Waals surface area contributed by atoms with Crippen LogP contribution in [0, 0.1) is 0 Å². The highest BCUT2D eigenvalue weighted by atomic mass is 16.5. The van der Waals surface area contributed by atoms with Gasteiger partial charge in [0.1, 0.15) is 5.82 Å². The van der Waals surface area contributed by atoms with E-state index in [0.29, 0.717) is 5.69 Å². The molecule has 1 heterocycles. The van der Waals surface area contributed by atoms with E-state index in [1.54, 1.807) is 11.6 Å². The Bertz CT molecular complexity index is 344. The molecule has 1 aromatic heterocycles. The van der Waals surface area contributed by atoms with Gasteiger partial charge in [0.15, 0.2) is 11.5 Å². The second-order valence-corrected chi connectivity index (χ2v) is 3.06. The van der Waals surface area contributed by atoms with Crippen LogP contribution < -0.4 is 5.73 Å². The number of aryl methyl sites for hydroxylation is 1. The van der Waals surface area contributed by atoms with Crippen LogP contribution in [0.1, 0.15) is 29.7 Å². The number of hydrogen-bond donors (Lipinski definition) is 1. The minimum Gasteiger partial charge on any atom is -0.464 e. The summed E-state index contributed by atoms with van der Waals surface area (Å²) in [4.78, 5) is 15.4. The Hall–Kier alpha value is -1.52. The summed E-state index contributed by atoms with van der Waals surface area (Å²) in [6.07, 6.45) is 1.77. The molecule has 0 fully saturated rings. The Kier molecular flexibility index (Phi) is 3.11. The molecule has 5 heteroatoms. The molecule has 0 aliphatic rings. The number of nitrogen functional groups attached to an aromatic ring is 1. The minimum absolute atomic E-state index is 0.239. The van der Waals surface area contributed by atoms with E-state index in [2.05, 4.69) is 9.72 Å². The molecule has 1 rings (SSSR count). The number of anilines is 1. The zero-order valence-corrected chi connectivity index (χ0v) is 8.70. The van der Waals surface area contributed by atoms with Crippen molar-refractivity contribution in [2.45, 2.75) is 19.8 Å². The average molecular weight is 197 g/mol. The van der Waals surface area contributed by atoms with Crippen molar-refractivity contribution in [1.29, 1.82) is 0 Å². The summed E-state index contributed by atoms with van der Waals surface area (Å²) in [5.74, 6) is 0.605. The summed E-state index contributed by atoms with van der Waals surface area (Å²) in [5, 5.41) is 0. The molecule has 0 unspecified atom stereocenters. The summed E-state index contributed by atoms with van der Waals surface area (Å²) in [5.41, 5.74) is 5.95. The van der Waals surface area contributed by atoms with Gasteiger partial charge in [-0.2, -0.15) is 0 Å². The fourth-order valence-electron chi connectivity index (χ4n) is 1.35. The van der Waals surface area contributed by atoms with Gasteiger partial charge in [0.05, 0.1) is 7.11 Å². The molecular weight excluding hydrogens is 182 g/mol. The number of hydrogen-bond acceptors (Lipinski definition) is 4. The van der Waals surface area contributed by atoms with Crippen LogP contribution in [0.4, 0.5) is 5.82 Å². The molecule has 14 heavy (non-hydrogen) atoms. The van der Waals surface area contributed by atoms with Gasteiger partial charge in [-0.25, -0.2) is 9.78 Å². The van der Waals surface area contributed by atoms with E-state index in [9.17, 15) is 4.79 Å². The first-order valence-corrected chi connectivity index (χ1v) is 4.51. The van der Waals surface area contributed by atoms with Crippen molar-refractivity contribution >= 4 is 11.8 Å². The van der Waals surface area contributed by atoms with Crippen molar-refractivity contribution in [3.63, 3.8) is 0 Å². The lowest BCUT2D eigenvalue weighted by atomic mass is 10.3. The molecule has 5 nitrogen and oxygen atoms in total. The van der Waals surface area contributed by atoms with Crippen molar-refractivity contribution in [3.8, 4) is 0 Å². The van der Waals surface area contributed by atoms with Crippen LogP contribution in [0.25, 0.3) is 0 Å². The molecule has 0 saturated heterocycles. The Morgan fingerprint density at radius 1 is 1.64 bits per heavy atom. The van der Waals surface area contributed by atoms with Crippen molar-refractivity contribution in [2.24, 2.45) is 7.05 Å². The zero-order valence-electron chi connectivity index (χ0n) is 8.70. The normalized spacial score (nSPS) is 10.2. The topological polar surface area (TPSA) is 70.1 Å². The van der Waals surface area contributed by atoms with Crippen molar-refractivity contribution < 1.29 is 9.53 Å². The average Bonchev–Trinajstić information content (AvgIpc) is 2.42. The highest BCUT2D eigenvalue weighted by molar-refractivity contribution is 5.92. The van der Waals surface area contributed by atoms with Crippen LogP contribution in [-0.2, 0) is 18.2 Å². The summed E-state index contributed by atoms with van der Waals surface area (Å²) in [6, 6.07) is 0. The minimum atomic E-state index is -0.445. The first-order chi connectivity index (χ1) is 6.61. The quantitative estimate of drug-likeness (QED) is 0.725. The molecule has 1 aromatic rings. The molecule has 0 aromatic carbocycles. The summed E-state index contributed by atoms with van der Waals surface area (Å²) < 4.78 is 6.29. The molecule has 0 aliphatic heterocycles. The van der Waals surface area contributed by atoms with Gasteiger partial charge < -0.3 is 15.0 Å². The lowest BCUT2D eigenvalue weighted by Crippen LogP contribution is -2.11. The maximum atomic E-state index is 11.3. The van der Waals surface area contributed by atoms with E-state index in [1.165, 1.54) is 7.11 Å². The Labute approximate surface area is 82.9 Å². The van der Waals surface area contributed by atoms with E-state index in [4.69, 9.17) is 5.73 Å². The standard InChI is InChI=1S/C9H15N3O2/c1-4-5-6-11-8(10)7(12(6)2)9(13)14-3/h4-5,10H2,1-3H3. The molecule has 0 spiro atoms. The Morgan fingerprint density at radius 3 is 2.79 bits per heavy atom. The van der Waals surface area contributed by atoms with Gasteiger partial charge >= 0.3 is 5.97 Å². The highest BCUT2D eigenvalue weighted by Gasteiger charge is 2.18. The molecule has 0 amide bonds. The van der Waals surface area contributed by atoms with Gasteiger partial charge in [0.2, 0.25) is 0 Å². The number of carbonyl (C=O) groups is 1. The Morgan fingerprint density at radius 2 is 2.29 bits per heavy atom. The monoisotopic (exact) mass is 197 g/mol. The number of aromatic nitrogens is 2. The number of carbonyl (C=O) groups excluding carboxylic acids is 1. The molecule has 0 atom stereocenters. The molecule has 0 bridgehead atoms. The van der Waals surface area contributed by atoms with E-state index >= 15 is 0 Å². The number of methoxy groups -OCH3 is 1. The highest BCUT2D eigenvalue weighted by Crippen LogP contribution is 2.14. The largest absolute Gasteiger partial charge is 0.464 e. The van der Waals surface area contributed by atoms with Crippen molar-refractivity contribution in [2.75, 3.05) is 12.8 Å². The lowest BCUT2D eigenvalue weighted by Gasteiger charge is -2.02. The van der Waals surface area contributed by atoms with Crippen molar-refractivity contribution in [1.82, 2.24) is 9.55 Å². The lowest BCUT2D eigenvalue weighted by molar-refractivity contribution is 0.0591. The molecule has 78 valence electrons. The third kappa shape index (κ3) is 1.71. The summed E-state index contributed by atoms with van der Waals surface area (Å²) in [6.45, 7) is 2.04. The van der Waals surface area contributed by atoms with Gasteiger partial charge in [-0.1, -0.05) is 6.92 Å². The van der Waals surface area contributed by atoms with Gasteiger partial charge in [0.25, 0.3) is 0 Å². The maximum Gasteiger partial charge on any atom is 0.358 e. The van der Waals surface area contributed by atoms with Crippen molar-refractivity contribution in [3.05, 3.63) is 11.5 Å². The fourth-order valence-corrected chi connectivity index (χ4v) is 1.35. The van der Waals surface area contributed by atoms with Gasteiger partial charge in [-0.3, -0.25) is 0 Å². The van der Waals surface area contributed by atoms with Crippen LogP contribution >= 0.6 is 0 Å². The first kappa shape index (κ1) is 10.6. The number of imidazole rings is 1. The number of nitrogens with two attached hydrogens (primary N) is 1. The van der Waals surface area contributed by atoms with E-state index in [-0.39, 0.29) is 5.82 Å². The maximum absolute atomic E-state index is 11.3. The van der Waals surface area contributed by atoms with Crippen LogP contribution in [-0.4, -0.2) is 22.6 Å². The van der Waals surface area contributed by atoms with E-state index in [0.717, 1.165) is 18.7 Å². The second kappa shape index (κ2) is 4.13. The van der Waals surface area contributed by atoms with Gasteiger partial charge in [-0.15, -0.1) is 0 Å². The molecular formula is C9H15N3O2. The molecule has 0 aliphatic carbocycles. The van der Waals surface area contributed by atoms with E-state index < -0.39 is 5.97 Å². The predicted molar refractivity (Wildman–Crippen MR) is 53.0 cm³/mol. The zero-order chi connectivity index (χ0) is 10.7. The van der Waals surface area contributed by atoms with Gasteiger partial charge in [0, 0.05) is 13.5 Å². The Balaban J connectivity index is 3.11. The molecule has 0 saturated carbocycles. The predicted octanol–water partition coefficient (Wildman–Crippen LogP) is 0.741. The van der Waals surface area contributed by atoms with E-state index in [1.807, 2.05) is 6.92 Å². The molecule has 0 radical (unpaired) electrons. The smallest absolute Gasteiger partial charge is 0.358 e. The number of rotatable bonds is 3. The van der Waals surface area contributed by atoms with Gasteiger partial charge in [-0.05, 0) is 6.42 Å². The van der Waals surface area contributed by atoms with Crippen LogP contribution in [0.5, 0.6) is 0 Å². The second-order valence-electron chi connectivity index (χ2n) is 3.06. The third-order valence-corrected chi connectivity index (χ3v) is 2.07. The van der Waals surface area contributed by atoms with Crippen LogP contribution in [0.2, 0.25) is 0 Å². The molecule has 2 N–H and O–H groups in total. The van der Waals surface area contributed by atoms with Crippen LogP contribution in [0.15, 0.2) is 0 Å². The number of ether oxygens (including phenoxy) is 1.